The summed E-state index contributed by atoms with van der Waals surface area (Å²) in [6, 6.07) is 20.3. The number of rotatable bonds is 11. The molecular formula is C27H29Cl2N3O4S. The summed E-state index contributed by atoms with van der Waals surface area (Å²) in [7, 11) is -4.13. The summed E-state index contributed by atoms with van der Waals surface area (Å²) < 4.78 is 28.4. The molecule has 0 radical (unpaired) electrons. The number of carbonyl (C=O) groups is 2. The smallest absolute Gasteiger partial charge is 0.264 e. The van der Waals surface area contributed by atoms with Crippen LogP contribution in [0.1, 0.15) is 25.8 Å². The zero-order chi connectivity index (χ0) is 27.0. The maximum Gasteiger partial charge on any atom is 0.264 e. The molecule has 0 fully saturated rings. The Morgan fingerprint density at radius 1 is 0.865 bits per heavy atom. The fourth-order valence-corrected chi connectivity index (χ4v) is 5.52. The topological polar surface area (TPSA) is 86.8 Å². The van der Waals surface area contributed by atoms with E-state index in [9.17, 15) is 18.0 Å². The third kappa shape index (κ3) is 7.25. The summed E-state index contributed by atoms with van der Waals surface area (Å²) in [5.41, 5.74) is 1.08. The largest absolute Gasteiger partial charge is 0.355 e. The van der Waals surface area contributed by atoms with E-state index in [1.807, 2.05) is 6.92 Å². The molecule has 1 N–H and O–H groups in total. The summed E-state index contributed by atoms with van der Waals surface area (Å²) in [5, 5.41) is 3.71. The summed E-state index contributed by atoms with van der Waals surface area (Å²) in [5.74, 6) is -0.825. The number of hydrogen-bond donors (Lipinski definition) is 1. The number of benzene rings is 3. The molecule has 196 valence electrons. The number of sulfonamides is 1. The summed E-state index contributed by atoms with van der Waals surface area (Å²) >= 11 is 12.0. The van der Waals surface area contributed by atoms with Gasteiger partial charge >= 0.3 is 0 Å². The molecule has 2 amide bonds. The van der Waals surface area contributed by atoms with Crippen LogP contribution in [0.25, 0.3) is 0 Å². The molecule has 0 aliphatic carbocycles. The molecule has 3 aromatic carbocycles. The van der Waals surface area contributed by atoms with Gasteiger partial charge in [0.2, 0.25) is 11.8 Å². The standard InChI is InChI=1S/C27H29Cl2N3O4S/c1-3-25(27(34)30-4-2)31(18-20-10-12-21(28)13-11-20)26(33)19-32(23-8-6-5-7-9-23)37(35,36)24-16-14-22(29)15-17-24/h5-17,25H,3-4,18-19H2,1-2H3,(H,30,34). The Hall–Kier alpha value is -3.07. The molecule has 0 heterocycles. The van der Waals surface area contributed by atoms with Crippen molar-refractivity contribution in [3.05, 3.63) is 94.5 Å². The molecule has 0 aromatic heterocycles. The van der Waals surface area contributed by atoms with E-state index in [1.165, 1.54) is 29.2 Å². The Morgan fingerprint density at radius 2 is 1.43 bits per heavy atom. The summed E-state index contributed by atoms with van der Waals surface area (Å²) in [6.45, 7) is 3.61. The average Bonchev–Trinajstić information content (AvgIpc) is 2.89. The van der Waals surface area contributed by atoms with Crippen LogP contribution in [0.3, 0.4) is 0 Å². The highest BCUT2D eigenvalue weighted by molar-refractivity contribution is 7.92. The van der Waals surface area contributed by atoms with Gasteiger partial charge in [-0.2, -0.15) is 0 Å². The van der Waals surface area contributed by atoms with Crippen LogP contribution in [0.5, 0.6) is 0 Å². The lowest BCUT2D eigenvalue weighted by molar-refractivity contribution is -0.140. The van der Waals surface area contributed by atoms with Gasteiger partial charge in [-0.15, -0.1) is 0 Å². The van der Waals surface area contributed by atoms with Crippen LogP contribution in [0.15, 0.2) is 83.8 Å². The van der Waals surface area contributed by atoms with Crippen LogP contribution in [0, 0.1) is 0 Å². The monoisotopic (exact) mass is 561 g/mol. The number of halogens is 2. The molecule has 10 heteroatoms. The third-order valence-electron chi connectivity index (χ3n) is 5.73. The molecule has 0 saturated heterocycles. The summed E-state index contributed by atoms with van der Waals surface area (Å²) in [6.07, 6.45) is 0.348. The van der Waals surface area contributed by atoms with Gasteiger partial charge in [0, 0.05) is 23.1 Å². The molecule has 0 bridgehead atoms. The van der Waals surface area contributed by atoms with Gasteiger partial charge in [-0.05, 0) is 67.4 Å². The minimum atomic E-state index is -4.13. The first-order valence-electron chi connectivity index (χ1n) is 11.8. The van der Waals surface area contributed by atoms with Crippen LogP contribution in [0.2, 0.25) is 10.0 Å². The Balaban J connectivity index is 2.02. The Labute approximate surface area is 228 Å². The van der Waals surface area contributed by atoms with Crippen molar-refractivity contribution in [1.82, 2.24) is 10.2 Å². The van der Waals surface area contributed by atoms with Gasteiger partial charge in [0.05, 0.1) is 10.6 Å². The maximum absolute atomic E-state index is 13.8. The summed E-state index contributed by atoms with van der Waals surface area (Å²) in [4.78, 5) is 28.1. The highest BCUT2D eigenvalue weighted by Gasteiger charge is 2.33. The molecule has 0 saturated carbocycles. The van der Waals surface area contributed by atoms with E-state index < -0.39 is 28.5 Å². The number of likely N-dealkylation sites (N-methyl/N-ethyl adjacent to an activating group) is 1. The first kappa shape index (κ1) is 28.5. The molecule has 7 nitrogen and oxygen atoms in total. The van der Waals surface area contributed by atoms with Crippen molar-refractivity contribution in [2.24, 2.45) is 0 Å². The normalized spacial score (nSPS) is 12.0. The van der Waals surface area contributed by atoms with Gasteiger partial charge < -0.3 is 10.2 Å². The van der Waals surface area contributed by atoms with E-state index in [4.69, 9.17) is 23.2 Å². The predicted octanol–water partition coefficient (Wildman–Crippen LogP) is 5.13. The van der Waals surface area contributed by atoms with Gasteiger partial charge in [-0.1, -0.05) is 60.5 Å². The van der Waals surface area contributed by atoms with E-state index in [2.05, 4.69) is 5.32 Å². The molecule has 3 rings (SSSR count). The Bertz CT molecular complexity index is 1300. The molecule has 3 aromatic rings. The number of carbonyl (C=O) groups excluding carboxylic acids is 2. The fourth-order valence-electron chi connectivity index (χ4n) is 3.85. The van der Waals surface area contributed by atoms with Crippen molar-refractivity contribution in [3.63, 3.8) is 0 Å². The van der Waals surface area contributed by atoms with Crippen LogP contribution < -0.4 is 9.62 Å². The van der Waals surface area contributed by atoms with Crippen molar-refractivity contribution in [1.29, 1.82) is 0 Å². The van der Waals surface area contributed by atoms with E-state index in [0.29, 0.717) is 28.7 Å². The van der Waals surface area contributed by atoms with Crippen molar-refractivity contribution in [2.45, 2.75) is 37.8 Å². The number of para-hydroxylation sites is 1. The lowest BCUT2D eigenvalue weighted by atomic mass is 10.1. The molecular weight excluding hydrogens is 533 g/mol. The minimum Gasteiger partial charge on any atom is -0.355 e. The second-order valence-electron chi connectivity index (χ2n) is 8.27. The number of nitrogens with zero attached hydrogens (tertiary/aromatic N) is 2. The Morgan fingerprint density at radius 3 is 1.97 bits per heavy atom. The van der Waals surface area contributed by atoms with Crippen molar-refractivity contribution in [2.75, 3.05) is 17.4 Å². The van der Waals surface area contributed by atoms with E-state index in [1.54, 1.807) is 61.5 Å². The van der Waals surface area contributed by atoms with Crippen LogP contribution in [-0.4, -0.2) is 44.3 Å². The van der Waals surface area contributed by atoms with Crippen molar-refractivity contribution < 1.29 is 18.0 Å². The van der Waals surface area contributed by atoms with Gasteiger partial charge in [-0.25, -0.2) is 8.42 Å². The second-order valence-corrected chi connectivity index (χ2v) is 11.0. The molecule has 1 unspecified atom stereocenters. The van der Waals surface area contributed by atoms with Crippen molar-refractivity contribution >= 4 is 50.7 Å². The first-order chi connectivity index (χ1) is 17.7. The molecule has 0 aliphatic rings. The minimum absolute atomic E-state index is 0.00595. The lowest BCUT2D eigenvalue weighted by Crippen LogP contribution is -2.52. The quantitative estimate of drug-likeness (QED) is 0.351. The molecule has 1 atom stereocenters. The van der Waals surface area contributed by atoms with E-state index in [-0.39, 0.29) is 17.3 Å². The third-order valence-corrected chi connectivity index (χ3v) is 8.02. The fraction of sp³-hybridized carbons (Fsp3) is 0.259. The van der Waals surface area contributed by atoms with Crippen LogP contribution in [0.4, 0.5) is 5.69 Å². The zero-order valence-electron chi connectivity index (χ0n) is 20.6. The predicted molar refractivity (Wildman–Crippen MR) is 147 cm³/mol. The van der Waals surface area contributed by atoms with E-state index >= 15 is 0 Å². The van der Waals surface area contributed by atoms with E-state index in [0.717, 1.165) is 9.87 Å². The Kier molecular flexibility index (Phi) is 9.97. The first-order valence-corrected chi connectivity index (χ1v) is 14.0. The lowest BCUT2D eigenvalue weighted by Gasteiger charge is -2.33. The number of anilines is 1. The second kappa shape index (κ2) is 12.9. The molecule has 0 spiro atoms. The number of hydrogen-bond acceptors (Lipinski definition) is 4. The van der Waals surface area contributed by atoms with Gasteiger partial charge in [-0.3, -0.25) is 13.9 Å². The van der Waals surface area contributed by atoms with Gasteiger partial charge in [0.25, 0.3) is 10.0 Å². The highest BCUT2D eigenvalue weighted by atomic mass is 35.5. The number of amides is 2. The van der Waals surface area contributed by atoms with Crippen molar-refractivity contribution in [3.8, 4) is 0 Å². The zero-order valence-corrected chi connectivity index (χ0v) is 22.9. The van der Waals surface area contributed by atoms with Gasteiger partial charge in [0.1, 0.15) is 12.6 Å². The number of nitrogens with one attached hydrogen (secondary N) is 1. The van der Waals surface area contributed by atoms with Gasteiger partial charge in [0.15, 0.2) is 0 Å². The maximum atomic E-state index is 13.8. The SMILES string of the molecule is CCNC(=O)C(CC)N(Cc1ccc(Cl)cc1)C(=O)CN(c1ccccc1)S(=O)(=O)c1ccc(Cl)cc1. The molecule has 37 heavy (non-hydrogen) atoms. The molecule has 0 aliphatic heterocycles. The average molecular weight is 563 g/mol. The highest BCUT2D eigenvalue weighted by Crippen LogP contribution is 2.25. The van der Waals surface area contributed by atoms with Crippen LogP contribution >= 0.6 is 23.2 Å². The van der Waals surface area contributed by atoms with Crippen LogP contribution in [-0.2, 0) is 26.2 Å².